The first-order chi connectivity index (χ1) is 6.48. The number of nitrogens with two attached hydrogens (primary N) is 1. The predicted molar refractivity (Wildman–Crippen MR) is 47.4 cm³/mol. The molecule has 5 heteroatoms. The van der Waals surface area contributed by atoms with Crippen molar-refractivity contribution >= 4 is 5.97 Å². The van der Waals surface area contributed by atoms with E-state index in [-0.39, 0.29) is 18.2 Å². The highest BCUT2D eigenvalue weighted by Crippen LogP contribution is 2.29. The average Bonchev–Trinajstić information content (AvgIpc) is 2.57. The van der Waals surface area contributed by atoms with Crippen LogP contribution >= 0.6 is 0 Å². The summed E-state index contributed by atoms with van der Waals surface area (Å²) in [6, 6.07) is -0.507. The summed E-state index contributed by atoms with van der Waals surface area (Å²) in [4.78, 5) is 11.1. The van der Waals surface area contributed by atoms with Crippen LogP contribution in [-0.4, -0.2) is 36.6 Å². The monoisotopic (exact) mass is 201 g/mol. The molecular formula is C9H15NO4. The van der Waals surface area contributed by atoms with E-state index in [1.54, 1.807) is 0 Å². The molecule has 0 radical (unpaired) electrons. The van der Waals surface area contributed by atoms with Crippen molar-refractivity contribution in [1.82, 2.24) is 0 Å². The van der Waals surface area contributed by atoms with Gasteiger partial charge in [0.15, 0.2) is 5.79 Å². The second-order valence-corrected chi connectivity index (χ2v) is 4.18. The van der Waals surface area contributed by atoms with E-state index < -0.39 is 11.8 Å². The van der Waals surface area contributed by atoms with Gasteiger partial charge < -0.3 is 19.9 Å². The molecule has 0 saturated carbocycles. The van der Waals surface area contributed by atoms with Gasteiger partial charge in [-0.25, -0.2) is 0 Å². The maximum atomic E-state index is 11.1. The highest BCUT2D eigenvalue weighted by atomic mass is 16.8. The Morgan fingerprint density at radius 2 is 2.14 bits per heavy atom. The van der Waals surface area contributed by atoms with Gasteiger partial charge in [-0.3, -0.25) is 4.79 Å². The van der Waals surface area contributed by atoms with Gasteiger partial charge in [-0.2, -0.15) is 0 Å². The topological polar surface area (TPSA) is 70.8 Å². The zero-order chi connectivity index (χ0) is 10.3. The van der Waals surface area contributed by atoms with Crippen molar-refractivity contribution < 1.29 is 19.0 Å². The molecule has 14 heavy (non-hydrogen) atoms. The minimum Gasteiger partial charge on any atom is -0.458 e. The summed E-state index contributed by atoms with van der Waals surface area (Å²) in [6.45, 7) is 4.13. The first-order valence-corrected chi connectivity index (χ1v) is 4.76. The van der Waals surface area contributed by atoms with E-state index in [0.717, 1.165) is 0 Å². The van der Waals surface area contributed by atoms with Crippen LogP contribution in [0.5, 0.6) is 0 Å². The van der Waals surface area contributed by atoms with Gasteiger partial charge in [-0.1, -0.05) is 0 Å². The maximum absolute atomic E-state index is 11.1. The Labute approximate surface area is 82.5 Å². The molecule has 0 spiro atoms. The summed E-state index contributed by atoms with van der Waals surface area (Å²) in [5.41, 5.74) is 5.53. The van der Waals surface area contributed by atoms with Crippen molar-refractivity contribution in [3.05, 3.63) is 0 Å². The molecule has 0 aliphatic carbocycles. The van der Waals surface area contributed by atoms with E-state index >= 15 is 0 Å². The number of carbonyl (C=O) groups excluding carboxylic acids is 1. The summed E-state index contributed by atoms with van der Waals surface area (Å²) in [5.74, 6) is -0.924. The maximum Gasteiger partial charge on any atom is 0.323 e. The number of hydrogen-bond acceptors (Lipinski definition) is 5. The van der Waals surface area contributed by atoms with Crippen LogP contribution in [0.1, 0.15) is 20.3 Å². The van der Waals surface area contributed by atoms with Crippen molar-refractivity contribution in [3.8, 4) is 0 Å². The van der Waals surface area contributed by atoms with Crippen LogP contribution in [0.2, 0.25) is 0 Å². The molecule has 2 heterocycles. The minimum atomic E-state index is -0.580. The molecule has 0 unspecified atom stereocenters. The van der Waals surface area contributed by atoms with Gasteiger partial charge in [0.2, 0.25) is 0 Å². The van der Waals surface area contributed by atoms with Gasteiger partial charge in [0.05, 0.1) is 6.61 Å². The van der Waals surface area contributed by atoms with Gasteiger partial charge in [0.1, 0.15) is 18.2 Å². The lowest BCUT2D eigenvalue weighted by molar-refractivity contribution is -0.162. The largest absolute Gasteiger partial charge is 0.458 e. The molecule has 5 nitrogen and oxygen atoms in total. The van der Waals surface area contributed by atoms with Crippen molar-refractivity contribution in [2.24, 2.45) is 5.73 Å². The molecule has 2 aliphatic rings. The summed E-state index contributed by atoms with van der Waals surface area (Å²) in [7, 11) is 0. The van der Waals surface area contributed by atoms with E-state index in [9.17, 15) is 4.79 Å². The summed E-state index contributed by atoms with van der Waals surface area (Å²) in [5, 5.41) is 0. The van der Waals surface area contributed by atoms with Crippen LogP contribution in [0.25, 0.3) is 0 Å². The van der Waals surface area contributed by atoms with E-state index in [1.807, 2.05) is 13.8 Å². The highest BCUT2D eigenvalue weighted by Gasteiger charge is 2.43. The number of cyclic esters (lactones) is 1. The summed E-state index contributed by atoms with van der Waals surface area (Å²) >= 11 is 0. The lowest BCUT2D eigenvalue weighted by Gasteiger charge is -2.19. The van der Waals surface area contributed by atoms with E-state index in [0.29, 0.717) is 13.0 Å². The van der Waals surface area contributed by atoms with E-state index in [1.165, 1.54) is 0 Å². The Balaban J connectivity index is 1.95. The lowest BCUT2D eigenvalue weighted by atomic mass is 10.1. The molecule has 2 fully saturated rings. The zero-order valence-corrected chi connectivity index (χ0v) is 8.36. The van der Waals surface area contributed by atoms with Crippen molar-refractivity contribution in [1.29, 1.82) is 0 Å². The fourth-order valence-corrected chi connectivity index (χ4v) is 1.76. The second-order valence-electron chi connectivity index (χ2n) is 4.18. The third kappa shape index (κ3) is 1.75. The number of rotatable bonds is 1. The molecule has 0 bridgehead atoms. The Morgan fingerprint density at radius 1 is 1.43 bits per heavy atom. The number of esters is 1. The number of ether oxygens (including phenoxy) is 3. The van der Waals surface area contributed by atoms with E-state index in [2.05, 4.69) is 0 Å². The number of hydrogen-bond donors (Lipinski definition) is 1. The first kappa shape index (κ1) is 9.89. The molecule has 2 saturated heterocycles. The quantitative estimate of drug-likeness (QED) is 0.594. The molecule has 0 aromatic carbocycles. The van der Waals surface area contributed by atoms with Gasteiger partial charge in [0, 0.05) is 6.42 Å². The normalized spacial score (nSPS) is 41.4. The molecule has 2 N–H and O–H groups in total. The summed E-state index contributed by atoms with van der Waals surface area (Å²) in [6.07, 6.45) is 0.0879. The van der Waals surface area contributed by atoms with Crippen molar-refractivity contribution in [2.75, 3.05) is 6.61 Å². The molecule has 0 aromatic heterocycles. The van der Waals surface area contributed by atoms with Gasteiger partial charge >= 0.3 is 5.97 Å². The Hall–Kier alpha value is -0.650. The third-order valence-electron chi connectivity index (χ3n) is 2.50. The van der Waals surface area contributed by atoms with Gasteiger partial charge in [-0.15, -0.1) is 0 Å². The predicted octanol–water partition coefficient (Wildman–Crippen LogP) is -0.219. The van der Waals surface area contributed by atoms with Crippen LogP contribution in [-0.2, 0) is 19.0 Å². The average molecular weight is 201 g/mol. The van der Waals surface area contributed by atoms with Crippen molar-refractivity contribution in [3.63, 3.8) is 0 Å². The molecule has 80 valence electrons. The highest BCUT2D eigenvalue weighted by molar-refractivity contribution is 5.77. The van der Waals surface area contributed by atoms with Gasteiger partial charge in [-0.05, 0) is 13.8 Å². The standard InChI is InChI=1S/C9H15NO4/c1-9(2)12-4-7(14-9)6-3-5(10)8(11)13-6/h5-7H,3-4,10H2,1-2H3/t5-,6-,7+/m0/s1. The third-order valence-corrected chi connectivity index (χ3v) is 2.50. The van der Waals surface area contributed by atoms with Gasteiger partial charge in [0.25, 0.3) is 0 Å². The smallest absolute Gasteiger partial charge is 0.323 e. The van der Waals surface area contributed by atoms with Crippen LogP contribution < -0.4 is 5.73 Å². The second kappa shape index (κ2) is 3.18. The molecule has 0 amide bonds. The van der Waals surface area contributed by atoms with Crippen molar-refractivity contribution in [2.45, 2.75) is 44.3 Å². The minimum absolute atomic E-state index is 0.178. The van der Waals surface area contributed by atoms with Crippen LogP contribution in [0, 0.1) is 0 Å². The van der Waals surface area contributed by atoms with E-state index in [4.69, 9.17) is 19.9 Å². The zero-order valence-electron chi connectivity index (χ0n) is 8.36. The molecule has 0 aromatic rings. The molecule has 3 atom stereocenters. The van der Waals surface area contributed by atoms with Crippen LogP contribution in [0.4, 0.5) is 0 Å². The Kier molecular flexibility index (Phi) is 2.25. The fourth-order valence-electron chi connectivity index (χ4n) is 1.76. The summed E-state index contributed by atoms with van der Waals surface area (Å²) < 4.78 is 16.0. The SMILES string of the molecule is CC1(C)OC[C@H]([C@@H]2C[C@H](N)C(=O)O2)O1. The molecule has 2 rings (SSSR count). The molecule has 2 aliphatic heterocycles. The van der Waals surface area contributed by atoms with Crippen LogP contribution in [0.15, 0.2) is 0 Å². The Morgan fingerprint density at radius 3 is 2.57 bits per heavy atom. The fraction of sp³-hybridized carbons (Fsp3) is 0.889. The number of carbonyl (C=O) groups is 1. The van der Waals surface area contributed by atoms with Crippen LogP contribution in [0.3, 0.4) is 0 Å². The molecular weight excluding hydrogens is 186 g/mol. The lowest BCUT2D eigenvalue weighted by Crippen LogP contribution is -2.31. The first-order valence-electron chi connectivity index (χ1n) is 4.76. The Bertz CT molecular complexity index is 253.